The fourth-order valence-corrected chi connectivity index (χ4v) is 0.509. The molecule has 1 N–H and O–H groups in total. The molecule has 6 heteroatoms. The Morgan fingerprint density at radius 1 is 1.55 bits per heavy atom. The number of alkyl halides is 4. The Morgan fingerprint density at radius 3 is 2.45 bits per heavy atom. The minimum atomic E-state index is -3.55. The van der Waals surface area contributed by atoms with Crippen LogP contribution in [0.1, 0.15) is 6.42 Å². The van der Waals surface area contributed by atoms with Gasteiger partial charge in [-0.15, -0.1) is 0 Å². The second-order valence-electron chi connectivity index (χ2n) is 1.80. The standard InChI is InChI=1S/C5H7BrF3NO/c6-5(8,9)4(11)10-3-1-2-7/h1-3H2,(H,10,11). The van der Waals surface area contributed by atoms with E-state index in [4.69, 9.17) is 0 Å². The van der Waals surface area contributed by atoms with Crippen molar-refractivity contribution >= 4 is 21.8 Å². The molecule has 0 radical (unpaired) electrons. The fourth-order valence-electron chi connectivity index (χ4n) is 0.369. The van der Waals surface area contributed by atoms with E-state index in [1.165, 1.54) is 0 Å². The number of amides is 1. The third-order valence-electron chi connectivity index (χ3n) is 0.853. The minimum Gasteiger partial charge on any atom is -0.350 e. The Labute approximate surface area is 70.3 Å². The van der Waals surface area contributed by atoms with Crippen LogP contribution in [0.25, 0.3) is 0 Å². The molecule has 0 aliphatic heterocycles. The molecule has 0 heterocycles. The van der Waals surface area contributed by atoms with E-state index in [0.29, 0.717) is 0 Å². The number of nitrogens with one attached hydrogen (secondary N) is 1. The maximum Gasteiger partial charge on any atom is 0.377 e. The van der Waals surface area contributed by atoms with Crippen LogP contribution in [0.15, 0.2) is 0 Å². The van der Waals surface area contributed by atoms with Crippen molar-refractivity contribution in [2.24, 2.45) is 0 Å². The molecule has 11 heavy (non-hydrogen) atoms. The molecule has 0 bridgehead atoms. The third-order valence-corrected chi connectivity index (χ3v) is 1.21. The van der Waals surface area contributed by atoms with Crippen LogP contribution < -0.4 is 5.32 Å². The van der Waals surface area contributed by atoms with Gasteiger partial charge < -0.3 is 5.32 Å². The summed E-state index contributed by atoms with van der Waals surface area (Å²) in [6.45, 7) is -0.704. The molecule has 0 rings (SSSR count). The monoisotopic (exact) mass is 233 g/mol. The lowest BCUT2D eigenvalue weighted by Crippen LogP contribution is -2.36. The Kier molecular flexibility index (Phi) is 4.48. The van der Waals surface area contributed by atoms with Crippen LogP contribution in [0.4, 0.5) is 13.2 Å². The summed E-state index contributed by atoms with van der Waals surface area (Å²) in [6, 6.07) is 0. The van der Waals surface area contributed by atoms with E-state index in [1.807, 2.05) is 21.2 Å². The van der Waals surface area contributed by atoms with Crippen LogP contribution in [-0.4, -0.2) is 24.0 Å². The van der Waals surface area contributed by atoms with E-state index in [0.717, 1.165) is 0 Å². The number of halogens is 4. The second kappa shape index (κ2) is 4.58. The maximum atomic E-state index is 12.0. The van der Waals surface area contributed by atoms with Crippen LogP contribution >= 0.6 is 15.9 Å². The molecular formula is C5H7BrF3NO. The Hall–Kier alpha value is -0.260. The first-order valence-electron chi connectivity index (χ1n) is 2.89. The largest absolute Gasteiger partial charge is 0.377 e. The van der Waals surface area contributed by atoms with Gasteiger partial charge in [-0.05, 0) is 6.42 Å². The van der Waals surface area contributed by atoms with Crippen molar-refractivity contribution < 1.29 is 18.0 Å². The molecule has 0 atom stereocenters. The SMILES string of the molecule is O=C(NCCCF)C(F)(F)Br. The minimum absolute atomic E-state index is 0.0504. The molecule has 0 saturated heterocycles. The summed E-state index contributed by atoms with van der Waals surface area (Å²) < 4.78 is 35.3. The summed E-state index contributed by atoms with van der Waals surface area (Å²) >= 11 is 1.86. The Morgan fingerprint density at radius 2 is 2.09 bits per heavy atom. The van der Waals surface area contributed by atoms with Crippen molar-refractivity contribution in [3.05, 3.63) is 0 Å². The van der Waals surface area contributed by atoms with Crippen molar-refractivity contribution in [3.8, 4) is 0 Å². The molecule has 0 aromatic heterocycles. The summed E-state index contributed by atoms with van der Waals surface area (Å²) in [4.78, 5) is 6.76. The van der Waals surface area contributed by atoms with Gasteiger partial charge in [-0.2, -0.15) is 8.78 Å². The van der Waals surface area contributed by atoms with E-state index in [-0.39, 0.29) is 13.0 Å². The number of carbonyl (C=O) groups is 1. The summed E-state index contributed by atoms with van der Waals surface area (Å²) in [6.07, 6.45) is 0.0504. The van der Waals surface area contributed by atoms with Crippen LogP contribution in [0.2, 0.25) is 0 Å². The van der Waals surface area contributed by atoms with Gasteiger partial charge in [0.15, 0.2) is 0 Å². The molecule has 0 unspecified atom stereocenters. The van der Waals surface area contributed by atoms with E-state index < -0.39 is 17.4 Å². The van der Waals surface area contributed by atoms with Crippen LogP contribution in [0, 0.1) is 0 Å². The van der Waals surface area contributed by atoms with Crippen molar-refractivity contribution in [1.29, 1.82) is 0 Å². The molecule has 0 spiro atoms. The van der Waals surface area contributed by atoms with Crippen LogP contribution in [0.3, 0.4) is 0 Å². The van der Waals surface area contributed by atoms with Gasteiger partial charge in [0, 0.05) is 22.5 Å². The molecule has 0 aromatic carbocycles. The summed E-state index contributed by atoms with van der Waals surface area (Å²) in [5, 5.41) is 1.85. The van der Waals surface area contributed by atoms with E-state index in [2.05, 4.69) is 0 Å². The molecular weight excluding hydrogens is 227 g/mol. The van der Waals surface area contributed by atoms with Crippen molar-refractivity contribution in [1.82, 2.24) is 5.32 Å². The highest BCUT2D eigenvalue weighted by molar-refractivity contribution is 9.10. The van der Waals surface area contributed by atoms with Gasteiger partial charge in [-0.25, -0.2) is 0 Å². The van der Waals surface area contributed by atoms with Gasteiger partial charge in [0.1, 0.15) is 0 Å². The summed E-state index contributed by atoms with van der Waals surface area (Å²) in [5.41, 5.74) is 0. The predicted molar refractivity (Wildman–Crippen MR) is 37.5 cm³/mol. The fraction of sp³-hybridized carbons (Fsp3) is 0.800. The Bertz CT molecular complexity index is 136. The third kappa shape index (κ3) is 5.06. The molecule has 0 aliphatic rings. The number of rotatable bonds is 4. The van der Waals surface area contributed by atoms with E-state index in [1.54, 1.807) is 0 Å². The van der Waals surface area contributed by atoms with Gasteiger partial charge in [-0.1, -0.05) is 0 Å². The highest BCUT2D eigenvalue weighted by Crippen LogP contribution is 2.20. The molecule has 0 aliphatic carbocycles. The smallest absolute Gasteiger partial charge is 0.350 e. The number of hydrogen-bond donors (Lipinski definition) is 1. The van der Waals surface area contributed by atoms with E-state index >= 15 is 0 Å². The van der Waals surface area contributed by atoms with Gasteiger partial charge in [-0.3, -0.25) is 9.18 Å². The van der Waals surface area contributed by atoms with Gasteiger partial charge >= 0.3 is 10.7 Å². The first-order chi connectivity index (χ1) is 4.98. The highest BCUT2D eigenvalue weighted by atomic mass is 79.9. The van der Waals surface area contributed by atoms with Crippen molar-refractivity contribution in [2.45, 2.75) is 11.3 Å². The second-order valence-corrected chi connectivity index (χ2v) is 2.79. The Balaban J connectivity index is 3.54. The zero-order valence-corrected chi connectivity index (χ0v) is 7.13. The number of hydrogen-bond acceptors (Lipinski definition) is 1. The average Bonchev–Trinajstić information content (AvgIpc) is 1.86. The van der Waals surface area contributed by atoms with Gasteiger partial charge in [0.05, 0.1) is 6.67 Å². The lowest BCUT2D eigenvalue weighted by Gasteiger charge is -2.07. The molecule has 0 fully saturated rings. The molecule has 0 aromatic rings. The maximum absolute atomic E-state index is 12.0. The molecule has 2 nitrogen and oxygen atoms in total. The molecule has 1 amide bonds. The summed E-state index contributed by atoms with van der Waals surface area (Å²) in [7, 11) is 0. The van der Waals surface area contributed by atoms with Gasteiger partial charge in [0.25, 0.3) is 0 Å². The number of carbonyl (C=O) groups excluding carboxylic acids is 1. The van der Waals surface area contributed by atoms with Crippen molar-refractivity contribution in [3.63, 3.8) is 0 Å². The lowest BCUT2D eigenvalue weighted by molar-refractivity contribution is -0.134. The summed E-state index contributed by atoms with van der Waals surface area (Å²) in [5.74, 6) is -1.44. The van der Waals surface area contributed by atoms with Crippen molar-refractivity contribution in [2.75, 3.05) is 13.2 Å². The predicted octanol–water partition coefficient (Wildman–Crippen LogP) is 1.45. The average molecular weight is 234 g/mol. The molecule has 0 saturated carbocycles. The van der Waals surface area contributed by atoms with Crippen LogP contribution in [0.5, 0.6) is 0 Å². The van der Waals surface area contributed by atoms with Crippen LogP contribution in [-0.2, 0) is 4.79 Å². The van der Waals surface area contributed by atoms with Gasteiger partial charge in [0.2, 0.25) is 0 Å². The lowest BCUT2D eigenvalue weighted by atomic mass is 10.4. The first kappa shape index (κ1) is 10.7. The topological polar surface area (TPSA) is 29.1 Å². The zero-order valence-electron chi connectivity index (χ0n) is 5.54. The molecule has 66 valence electrons. The first-order valence-corrected chi connectivity index (χ1v) is 3.68. The quantitative estimate of drug-likeness (QED) is 0.578. The highest BCUT2D eigenvalue weighted by Gasteiger charge is 2.34. The zero-order chi connectivity index (χ0) is 8.91. The van der Waals surface area contributed by atoms with E-state index in [9.17, 15) is 18.0 Å². The normalized spacial score (nSPS) is 11.3.